The first-order valence-electron chi connectivity index (χ1n) is 5.09. The summed E-state index contributed by atoms with van der Waals surface area (Å²) in [7, 11) is -1.40. The van der Waals surface area contributed by atoms with Gasteiger partial charge in [0.05, 0.1) is 0 Å². The minimum Gasteiger partial charge on any atom is -0.377 e. The summed E-state index contributed by atoms with van der Waals surface area (Å²) in [6.07, 6.45) is 2.28. The molecule has 0 fully saturated rings. The van der Waals surface area contributed by atoms with Gasteiger partial charge in [0.1, 0.15) is 13.7 Å². The Labute approximate surface area is 89.2 Å². The number of hydrogen-bond donors (Lipinski definition) is 1. The second-order valence-corrected chi connectivity index (χ2v) is 9.82. The van der Waals surface area contributed by atoms with E-state index in [1.54, 1.807) is 6.08 Å². The van der Waals surface area contributed by atoms with E-state index in [4.69, 9.17) is 0 Å². The Morgan fingerprint density at radius 1 is 1.43 bits per heavy atom. The van der Waals surface area contributed by atoms with Crippen molar-refractivity contribution in [3.05, 3.63) is 12.7 Å². The van der Waals surface area contributed by atoms with E-state index in [1.165, 1.54) is 0 Å². The van der Waals surface area contributed by atoms with Gasteiger partial charge in [0.25, 0.3) is 0 Å². The molecule has 0 aliphatic heterocycles. The van der Waals surface area contributed by atoms with Gasteiger partial charge < -0.3 is 5.11 Å². The maximum Gasteiger partial charge on any atom is 0.130 e. The first-order chi connectivity index (χ1) is 6.21. The van der Waals surface area contributed by atoms with Gasteiger partial charge >= 0.3 is 0 Å². The van der Waals surface area contributed by atoms with Crippen molar-refractivity contribution in [3.8, 4) is 11.5 Å². The van der Waals surface area contributed by atoms with Crippen LogP contribution in [0.15, 0.2) is 12.7 Å². The Hall–Kier alpha value is -0.523. The highest BCUT2D eigenvalue weighted by Crippen LogP contribution is 2.20. The summed E-state index contributed by atoms with van der Waals surface area (Å²) in [4.78, 5) is 0. The summed E-state index contributed by atoms with van der Waals surface area (Å²) < 4.78 is 0. The van der Waals surface area contributed by atoms with Gasteiger partial charge in [-0.05, 0) is 5.92 Å². The van der Waals surface area contributed by atoms with E-state index >= 15 is 0 Å². The summed E-state index contributed by atoms with van der Waals surface area (Å²) in [5, 5.41) is 10.2. The van der Waals surface area contributed by atoms with Crippen LogP contribution in [0, 0.1) is 17.4 Å². The van der Waals surface area contributed by atoms with Crippen LogP contribution in [-0.2, 0) is 0 Å². The molecule has 1 nitrogen and oxygen atoms in total. The van der Waals surface area contributed by atoms with Crippen LogP contribution in [0.1, 0.15) is 20.3 Å². The van der Waals surface area contributed by atoms with E-state index in [0.717, 1.165) is 0 Å². The van der Waals surface area contributed by atoms with Gasteiger partial charge in [-0.15, -0.1) is 12.1 Å². The Morgan fingerprint density at radius 2 is 1.93 bits per heavy atom. The van der Waals surface area contributed by atoms with Crippen LogP contribution in [0.4, 0.5) is 0 Å². The third-order valence-electron chi connectivity index (χ3n) is 2.06. The molecule has 0 heterocycles. The van der Waals surface area contributed by atoms with E-state index in [2.05, 4.69) is 37.7 Å². The van der Waals surface area contributed by atoms with Gasteiger partial charge in [-0.2, -0.15) is 0 Å². The van der Waals surface area contributed by atoms with Crippen LogP contribution in [0.3, 0.4) is 0 Å². The molecule has 0 saturated heterocycles. The molecule has 80 valence electrons. The monoisotopic (exact) mass is 210 g/mol. The molecule has 0 aliphatic rings. The maximum atomic E-state index is 10.2. The highest BCUT2D eigenvalue weighted by molar-refractivity contribution is 6.83. The lowest BCUT2D eigenvalue weighted by Crippen LogP contribution is -2.33. The lowest BCUT2D eigenvalue weighted by atomic mass is 9.88. The van der Waals surface area contributed by atoms with Crippen LogP contribution in [0.2, 0.25) is 19.6 Å². The molecule has 0 amide bonds. The number of hydrogen-bond acceptors (Lipinski definition) is 1. The molecule has 0 aromatic rings. The van der Waals surface area contributed by atoms with E-state index in [9.17, 15) is 5.11 Å². The SMILES string of the molecule is C=CC[C@@](O)(C#C[Si](C)(C)C)C(C)C. The van der Waals surface area contributed by atoms with Crippen molar-refractivity contribution in [2.45, 2.75) is 45.5 Å². The summed E-state index contributed by atoms with van der Waals surface area (Å²) in [5.41, 5.74) is 2.33. The fraction of sp³-hybridized carbons (Fsp3) is 0.667. The average Bonchev–Trinajstić information content (AvgIpc) is 2.00. The van der Waals surface area contributed by atoms with Gasteiger partial charge in [-0.25, -0.2) is 0 Å². The molecule has 0 unspecified atom stereocenters. The molecule has 0 aromatic heterocycles. The molecule has 0 bridgehead atoms. The molecule has 1 atom stereocenters. The molecule has 14 heavy (non-hydrogen) atoms. The van der Waals surface area contributed by atoms with Crippen molar-refractivity contribution in [1.82, 2.24) is 0 Å². The van der Waals surface area contributed by atoms with Gasteiger partial charge in [0.2, 0.25) is 0 Å². The summed E-state index contributed by atoms with van der Waals surface area (Å²) in [5.74, 6) is 3.18. The van der Waals surface area contributed by atoms with Crippen LogP contribution in [0.25, 0.3) is 0 Å². The minimum absolute atomic E-state index is 0.143. The van der Waals surface area contributed by atoms with Crippen LogP contribution >= 0.6 is 0 Å². The largest absolute Gasteiger partial charge is 0.377 e. The number of rotatable bonds is 3. The maximum absolute atomic E-state index is 10.2. The van der Waals surface area contributed by atoms with Crippen LogP contribution in [0.5, 0.6) is 0 Å². The van der Waals surface area contributed by atoms with Crippen molar-refractivity contribution < 1.29 is 5.11 Å². The van der Waals surface area contributed by atoms with E-state index in [0.29, 0.717) is 6.42 Å². The Bertz CT molecular complexity index is 252. The minimum atomic E-state index is -1.40. The predicted molar refractivity (Wildman–Crippen MR) is 65.7 cm³/mol. The molecular weight excluding hydrogens is 188 g/mol. The summed E-state index contributed by atoms with van der Waals surface area (Å²) in [6.45, 7) is 14.2. The second kappa shape index (κ2) is 4.81. The third-order valence-corrected chi connectivity index (χ3v) is 2.94. The van der Waals surface area contributed by atoms with Crippen LogP contribution < -0.4 is 0 Å². The smallest absolute Gasteiger partial charge is 0.130 e. The second-order valence-electron chi connectivity index (χ2n) is 5.07. The fourth-order valence-corrected chi connectivity index (χ4v) is 1.54. The molecule has 0 aromatic carbocycles. The lowest BCUT2D eigenvalue weighted by Gasteiger charge is -2.25. The first kappa shape index (κ1) is 13.5. The van der Waals surface area contributed by atoms with Crippen LogP contribution in [-0.4, -0.2) is 18.8 Å². The highest BCUT2D eigenvalue weighted by atomic mass is 28.3. The Balaban J connectivity index is 4.83. The third kappa shape index (κ3) is 4.64. The predicted octanol–water partition coefficient (Wildman–Crippen LogP) is 2.83. The average molecular weight is 210 g/mol. The van der Waals surface area contributed by atoms with Gasteiger partial charge in [0, 0.05) is 6.42 Å². The fourth-order valence-electron chi connectivity index (χ4n) is 0.947. The zero-order chi connectivity index (χ0) is 11.4. The lowest BCUT2D eigenvalue weighted by molar-refractivity contribution is 0.0564. The molecule has 0 aliphatic carbocycles. The molecular formula is C12H22OSi. The summed E-state index contributed by atoms with van der Waals surface area (Å²) >= 11 is 0. The zero-order valence-electron chi connectivity index (χ0n) is 10.0. The van der Waals surface area contributed by atoms with Gasteiger partial charge in [-0.1, -0.05) is 45.5 Å². The topological polar surface area (TPSA) is 20.2 Å². The van der Waals surface area contributed by atoms with Crippen molar-refractivity contribution in [1.29, 1.82) is 0 Å². The molecule has 0 saturated carbocycles. The standard InChI is InChI=1S/C12H22OSi/c1-7-8-12(13,11(2)3)9-10-14(4,5)6/h7,11,13H,1,8H2,2-6H3/t12-/m1/s1. The Kier molecular flexibility index (Phi) is 4.63. The van der Waals surface area contributed by atoms with Crippen molar-refractivity contribution in [2.75, 3.05) is 0 Å². The number of aliphatic hydroxyl groups is 1. The van der Waals surface area contributed by atoms with E-state index in [-0.39, 0.29) is 5.92 Å². The molecule has 0 rings (SSSR count). The quantitative estimate of drug-likeness (QED) is 0.431. The molecule has 2 heteroatoms. The first-order valence-corrected chi connectivity index (χ1v) is 8.59. The Morgan fingerprint density at radius 3 is 2.21 bits per heavy atom. The zero-order valence-corrected chi connectivity index (χ0v) is 11.0. The summed E-state index contributed by atoms with van der Waals surface area (Å²) in [6, 6.07) is 0. The van der Waals surface area contributed by atoms with Gasteiger partial charge in [0.15, 0.2) is 0 Å². The van der Waals surface area contributed by atoms with E-state index in [1.807, 2.05) is 13.8 Å². The molecule has 1 N–H and O–H groups in total. The molecule has 0 spiro atoms. The normalized spacial score (nSPS) is 15.6. The van der Waals surface area contributed by atoms with Gasteiger partial charge in [-0.3, -0.25) is 0 Å². The van der Waals surface area contributed by atoms with Crippen molar-refractivity contribution in [3.63, 3.8) is 0 Å². The van der Waals surface area contributed by atoms with Crippen molar-refractivity contribution >= 4 is 8.07 Å². The van der Waals surface area contributed by atoms with E-state index < -0.39 is 13.7 Å². The molecule has 0 radical (unpaired) electrons. The highest BCUT2D eigenvalue weighted by Gasteiger charge is 2.27. The van der Waals surface area contributed by atoms with Crippen molar-refractivity contribution in [2.24, 2.45) is 5.92 Å².